The van der Waals surface area contributed by atoms with E-state index in [1.54, 1.807) is 11.0 Å². The number of guanidine groups is 1. The lowest BCUT2D eigenvalue weighted by molar-refractivity contribution is 0.255. The monoisotopic (exact) mass is 278 g/mol. The molecule has 1 aliphatic carbocycles. The van der Waals surface area contributed by atoms with Crippen LogP contribution in [0.4, 0.5) is 0 Å². The third-order valence-corrected chi connectivity index (χ3v) is 3.96. The van der Waals surface area contributed by atoms with Gasteiger partial charge in [-0.25, -0.2) is 4.98 Å². The molecule has 2 rings (SSSR count). The molecule has 1 aromatic rings. The summed E-state index contributed by atoms with van der Waals surface area (Å²) in [6.07, 6.45) is 5.34. The number of aryl methyl sites for hydroxylation is 1. The fourth-order valence-corrected chi connectivity index (χ4v) is 3.10. The van der Waals surface area contributed by atoms with E-state index in [0.29, 0.717) is 12.6 Å². The van der Waals surface area contributed by atoms with Gasteiger partial charge in [0.15, 0.2) is 5.96 Å². The quantitative estimate of drug-likeness (QED) is 0.646. The zero-order chi connectivity index (χ0) is 14.5. The Morgan fingerprint density at radius 1 is 1.35 bits per heavy atom. The van der Waals surface area contributed by atoms with Crippen LogP contribution in [0.1, 0.15) is 38.9 Å². The summed E-state index contributed by atoms with van der Waals surface area (Å²) in [6.45, 7) is 5.30. The fraction of sp³-hybridized carbons (Fsp3) is 0.786. The van der Waals surface area contributed by atoms with Crippen LogP contribution in [0.25, 0.3) is 0 Å². The molecular weight excluding hydrogens is 252 g/mol. The summed E-state index contributed by atoms with van der Waals surface area (Å²) in [5.74, 6) is 3.32. The average Bonchev–Trinajstić information content (AvgIpc) is 2.79. The van der Waals surface area contributed by atoms with E-state index in [9.17, 15) is 0 Å². The predicted molar refractivity (Wildman–Crippen MR) is 80.3 cm³/mol. The SMILES string of the molecule is CN=C(NCc1ncnn1C)NC1CC(C)CC(C)C1. The van der Waals surface area contributed by atoms with Crippen molar-refractivity contribution >= 4 is 5.96 Å². The van der Waals surface area contributed by atoms with E-state index in [-0.39, 0.29) is 0 Å². The first-order valence-corrected chi connectivity index (χ1v) is 7.38. The third kappa shape index (κ3) is 3.95. The van der Waals surface area contributed by atoms with Crippen LogP contribution in [0.15, 0.2) is 11.3 Å². The molecule has 0 radical (unpaired) electrons. The Hall–Kier alpha value is -1.59. The largest absolute Gasteiger partial charge is 0.354 e. The molecule has 0 aromatic carbocycles. The Kier molecular flexibility index (Phi) is 4.98. The summed E-state index contributed by atoms with van der Waals surface area (Å²) in [5.41, 5.74) is 0. The highest BCUT2D eigenvalue weighted by Gasteiger charge is 2.24. The Labute approximate surface area is 121 Å². The van der Waals surface area contributed by atoms with Crippen LogP contribution in [0.3, 0.4) is 0 Å². The standard InChI is InChI=1S/C14H26N6/c1-10-5-11(2)7-12(6-10)19-14(15-3)16-8-13-17-9-18-20(13)4/h9-12H,5-8H2,1-4H3,(H2,15,16,19). The molecule has 1 heterocycles. The maximum absolute atomic E-state index is 4.30. The van der Waals surface area contributed by atoms with Gasteiger partial charge in [-0.05, 0) is 31.1 Å². The van der Waals surface area contributed by atoms with Crippen molar-refractivity contribution in [1.29, 1.82) is 0 Å². The smallest absolute Gasteiger partial charge is 0.191 e. The molecular formula is C14H26N6. The first-order chi connectivity index (χ1) is 9.58. The Morgan fingerprint density at radius 3 is 2.60 bits per heavy atom. The van der Waals surface area contributed by atoms with Gasteiger partial charge in [-0.15, -0.1) is 0 Å². The molecule has 0 spiro atoms. The highest BCUT2D eigenvalue weighted by atomic mass is 15.3. The zero-order valence-corrected chi connectivity index (χ0v) is 12.9. The van der Waals surface area contributed by atoms with E-state index in [0.717, 1.165) is 23.6 Å². The molecule has 112 valence electrons. The van der Waals surface area contributed by atoms with Crippen molar-refractivity contribution in [1.82, 2.24) is 25.4 Å². The van der Waals surface area contributed by atoms with Gasteiger partial charge < -0.3 is 10.6 Å². The first-order valence-electron chi connectivity index (χ1n) is 7.38. The molecule has 0 saturated heterocycles. The van der Waals surface area contributed by atoms with E-state index in [2.05, 4.69) is 39.6 Å². The summed E-state index contributed by atoms with van der Waals surface area (Å²) in [5, 5.41) is 10.9. The van der Waals surface area contributed by atoms with Crippen molar-refractivity contribution in [2.45, 2.75) is 45.7 Å². The maximum Gasteiger partial charge on any atom is 0.191 e. The summed E-state index contributed by atoms with van der Waals surface area (Å²) in [7, 11) is 3.70. The summed E-state index contributed by atoms with van der Waals surface area (Å²) in [4.78, 5) is 8.50. The molecule has 20 heavy (non-hydrogen) atoms. The van der Waals surface area contributed by atoms with Crippen molar-refractivity contribution in [2.75, 3.05) is 7.05 Å². The summed E-state index contributed by atoms with van der Waals surface area (Å²) in [6, 6.07) is 0.513. The highest BCUT2D eigenvalue weighted by Crippen LogP contribution is 2.28. The minimum absolute atomic E-state index is 0.513. The molecule has 1 saturated carbocycles. The lowest BCUT2D eigenvalue weighted by Gasteiger charge is -2.32. The molecule has 2 N–H and O–H groups in total. The van der Waals surface area contributed by atoms with Gasteiger partial charge in [0.25, 0.3) is 0 Å². The van der Waals surface area contributed by atoms with Gasteiger partial charge in [-0.1, -0.05) is 13.8 Å². The van der Waals surface area contributed by atoms with Crippen LogP contribution in [0, 0.1) is 11.8 Å². The second-order valence-corrected chi connectivity index (χ2v) is 5.98. The fourth-order valence-electron chi connectivity index (χ4n) is 3.10. The highest BCUT2D eigenvalue weighted by molar-refractivity contribution is 5.79. The number of aliphatic imine (C=N–C) groups is 1. The van der Waals surface area contributed by atoms with Gasteiger partial charge in [-0.3, -0.25) is 9.67 Å². The number of hydrogen-bond donors (Lipinski definition) is 2. The zero-order valence-electron chi connectivity index (χ0n) is 12.9. The van der Waals surface area contributed by atoms with Crippen LogP contribution in [-0.2, 0) is 13.6 Å². The second kappa shape index (κ2) is 6.72. The number of nitrogens with one attached hydrogen (secondary N) is 2. The molecule has 6 nitrogen and oxygen atoms in total. The molecule has 2 atom stereocenters. The lowest BCUT2D eigenvalue weighted by Crippen LogP contribution is -2.46. The number of hydrogen-bond acceptors (Lipinski definition) is 3. The third-order valence-electron chi connectivity index (χ3n) is 3.96. The summed E-state index contributed by atoms with van der Waals surface area (Å²) >= 11 is 0. The van der Waals surface area contributed by atoms with Gasteiger partial charge in [0.1, 0.15) is 12.2 Å². The van der Waals surface area contributed by atoms with E-state index in [1.807, 2.05) is 14.1 Å². The van der Waals surface area contributed by atoms with Crippen molar-refractivity contribution in [3.63, 3.8) is 0 Å². The van der Waals surface area contributed by atoms with Crippen LogP contribution >= 0.6 is 0 Å². The number of nitrogens with zero attached hydrogens (tertiary/aromatic N) is 4. The van der Waals surface area contributed by atoms with Crippen molar-refractivity contribution < 1.29 is 0 Å². The molecule has 6 heteroatoms. The van der Waals surface area contributed by atoms with E-state index in [4.69, 9.17) is 0 Å². The maximum atomic E-state index is 4.30. The topological polar surface area (TPSA) is 67.1 Å². The van der Waals surface area contributed by atoms with Crippen LogP contribution in [0.5, 0.6) is 0 Å². The molecule has 1 fully saturated rings. The number of aromatic nitrogens is 3. The molecule has 1 aromatic heterocycles. The van der Waals surface area contributed by atoms with Crippen LogP contribution in [-0.4, -0.2) is 33.8 Å². The van der Waals surface area contributed by atoms with E-state index < -0.39 is 0 Å². The van der Waals surface area contributed by atoms with E-state index >= 15 is 0 Å². The Balaban J connectivity index is 1.85. The van der Waals surface area contributed by atoms with E-state index in [1.165, 1.54) is 19.3 Å². The first kappa shape index (κ1) is 14.8. The van der Waals surface area contributed by atoms with Gasteiger partial charge in [0.2, 0.25) is 0 Å². The van der Waals surface area contributed by atoms with Crippen molar-refractivity contribution in [3.05, 3.63) is 12.2 Å². The molecule has 0 aliphatic heterocycles. The van der Waals surface area contributed by atoms with Crippen molar-refractivity contribution in [2.24, 2.45) is 23.9 Å². The average molecular weight is 278 g/mol. The molecule has 1 aliphatic rings. The predicted octanol–water partition coefficient (Wildman–Crippen LogP) is 1.30. The number of rotatable bonds is 3. The van der Waals surface area contributed by atoms with Crippen LogP contribution in [0.2, 0.25) is 0 Å². The second-order valence-electron chi connectivity index (χ2n) is 5.98. The Bertz CT molecular complexity index is 442. The van der Waals surface area contributed by atoms with Gasteiger partial charge >= 0.3 is 0 Å². The molecule has 2 unspecified atom stereocenters. The van der Waals surface area contributed by atoms with Gasteiger partial charge in [0, 0.05) is 20.1 Å². The minimum atomic E-state index is 0.513. The lowest BCUT2D eigenvalue weighted by atomic mass is 9.80. The van der Waals surface area contributed by atoms with Crippen LogP contribution < -0.4 is 10.6 Å². The Morgan fingerprint density at radius 2 is 2.05 bits per heavy atom. The van der Waals surface area contributed by atoms with Gasteiger partial charge in [0.05, 0.1) is 6.54 Å². The van der Waals surface area contributed by atoms with Crippen molar-refractivity contribution in [3.8, 4) is 0 Å². The molecule has 0 bridgehead atoms. The molecule has 0 amide bonds. The van der Waals surface area contributed by atoms with Gasteiger partial charge in [-0.2, -0.15) is 5.10 Å². The normalized spacial score (nSPS) is 27.4. The minimum Gasteiger partial charge on any atom is -0.354 e. The summed E-state index contributed by atoms with van der Waals surface area (Å²) < 4.78 is 1.77.